The highest BCUT2D eigenvalue weighted by molar-refractivity contribution is 7.89. The van der Waals surface area contributed by atoms with Gasteiger partial charge in [0.2, 0.25) is 15.9 Å². The van der Waals surface area contributed by atoms with Crippen LogP contribution in [0.1, 0.15) is 19.3 Å². The smallest absolute Gasteiger partial charge is 0.304 e. The second kappa shape index (κ2) is 5.26. The highest BCUT2D eigenvalue weighted by Crippen LogP contribution is 2.18. The van der Waals surface area contributed by atoms with Gasteiger partial charge < -0.3 is 10.4 Å². The average Bonchev–Trinajstić information content (AvgIpc) is 2.96. The lowest BCUT2D eigenvalue weighted by molar-refractivity contribution is -0.136. The zero-order valence-electron chi connectivity index (χ0n) is 8.60. The Morgan fingerprint density at radius 2 is 1.94 bits per heavy atom. The van der Waals surface area contributed by atoms with Crippen molar-refractivity contribution >= 4 is 21.9 Å². The normalized spacial score (nSPS) is 15.8. The number of hydrogen-bond acceptors (Lipinski definition) is 4. The fourth-order valence-electron chi connectivity index (χ4n) is 0.976. The fraction of sp³-hybridized carbons (Fsp3) is 0.750. The minimum atomic E-state index is -3.68. The van der Waals surface area contributed by atoms with E-state index in [1.54, 1.807) is 0 Å². The monoisotopic (exact) mass is 250 g/mol. The molecule has 0 unspecified atom stereocenters. The molecule has 0 aromatic carbocycles. The molecule has 0 heterocycles. The van der Waals surface area contributed by atoms with Crippen molar-refractivity contribution in [1.82, 2.24) is 10.0 Å². The fourth-order valence-corrected chi connectivity index (χ4v) is 1.91. The summed E-state index contributed by atoms with van der Waals surface area (Å²) < 4.78 is 24.4. The number of sulfonamides is 1. The van der Waals surface area contributed by atoms with E-state index in [2.05, 4.69) is 5.32 Å². The minimum Gasteiger partial charge on any atom is -0.481 e. The van der Waals surface area contributed by atoms with E-state index in [9.17, 15) is 18.0 Å². The molecule has 1 saturated carbocycles. The second-order valence-electron chi connectivity index (χ2n) is 3.63. The van der Waals surface area contributed by atoms with Gasteiger partial charge in [0.1, 0.15) is 0 Å². The number of nitrogens with one attached hydrogen (secondary N) is 2. The highest BCUT2D eigenvalue weighted by atomic mass is 32.2. The number of carboxylic acids is 1. The van der Waals surface area contributed by atoms with Gasteiger partial charge in [0.25, 0.3) is 0 Å². The Morgan fingerprint density at radius 1 is 1.31 bits per heavy atom. The number of rotatable bonds is 7. The molecule has 0 spiro atoms. The van der Waals surface area contributed by atoms with Gasteiger partial charge in [0, 0.05) is 6.04 Å². The third-order valence-corrected chi connectivity index (χ3v) is 3.31. The summed E-state index contributed by atoms with van der Waals surface area (Å²) in [7, 11) is -3.68. The molecular formula is C8H14N2O5S. The van der Waals surface area contributed by atoms with Gasteiger partial charge in [-0.25, -0.2) is 13.1 Å². The molecule has 0 atom stereocenters. The zero-order valence-corrected chi connectivity index (χ0v) is 9.42. The van der Waals surface area contributed by atoms with Crippen molar-refractivity contribution in [2.24, 2.45) is 0 Å². The molecule has 0 radical (unpaired) electrons. The van der Waals surface area contributed by atoms with Gasteiger partial charge in [-0.3, -0.25) is 9.59 Å². The van der Waals surface area contributed by atoms with Gasteiger partial charge in [0.15, 0.2) is 0 Å². The molecule has 1 fully saturated rings. The van der Waals surface area contributed by atoms with Gasteiger partial charge in [-0.2, -0.15) is 0 Å². The molecule has 1 aliphatic rings. The summed E-state index contributed by atoms with van der Waals surface area (Å²) in [5, 5.41) is 10.9. The van der Waals surface area contributed by atoms with Crippen LogP contribution in [0.5, 0.6) is 0 Å². The minimum absolute atomic E-state index is 0.177. The van der Waals surface area contributed by atoms with Crippen LogP contribution in [-0.2, 0) is 19.6 Å². The molecule has 8 heteroatoms. The van der Waals surface area contributed by atoms with Crippen molar-refractivity contribution in [1.29, 1.82) is 0 Å². The number of amides is 1. The lowest BCUT2D eigenvalue weighted by Crippen LogP contribution is -2.38. The van der Waals surface area contributed by atoms with E-state index < -0.39 is 28.2 Å². The second-order valence-corrected chi connectivity index (χ2v) is 5.55. The van der Waals surface area contributed by atoms with Gasteiger partial charge in [-0.05, 0) is 12.8 Å². The molecule has 1 rings (SSSR count). The standard InChI is InChI=1S/C8H14N2O5S/c11-7(10-6-1-2-6)5-9-16(14,15)4-3-8(12)13/h6,9H,1-5H2,(H,10,11)(H,12,13). The first-order valence-electron chi connectivity index (χ1n) is 4.87. The number of aliphatic carboxylic acids is 1. The van der Waals surface area contributed by atoms with E-state index in [1.807, 2.05) is 4.72 Å². The lowest BCUT2D eigenvalue weighted by atomic mass is 10.5. The summed E-state index contributed by atoms with van der Waals surface area (Å²) in [5.41, 5.74) is 0. The van der Waals surface area contributed by atoms with Crippen molar-refractivity contribution in [2.45, 2.75) is 25.3 Å². The van der Waals surface area contributed by atoms with Crippen LogP contribution in [0, 0.1) is 0 Å². The van der Waals surface area contributed by atoms with Crippen LogP contribution in [0.15, 0.2) is 0 Å². The maximum absolute atomic E-state index is 11.2. The molecule has 0 aromatic rings. The zero-order chi connectivity index (χ0) is 12.2. The van der Waals surface area contributed by atoms with Crippen molar-refractivity contribution in [3.8, 4) is 0 Å². The van der Waals surface area contributed by atoms with E-state index in [1.165, 1.54) is 0 Å². The maximum atomic E-state index is 11.2. The van der Waals surface area contributed by atoms with Crippen LogP contribution >= 0.6 is 0 Å². The highest BCUT2D eigenvalue weighted by Gasteiger charge is 2.23. The van der Waals surface area contributed by atoms with E-state index >= 15 is 0 Å². The predicted octanol–water partition coefficient (Wildman–Crippen LogP) is -1.34. The topological polar surface area (TPSA) is 113 Å². The van der Waals surface area contributed by atoms with E-state index in [0.29, 0.717) is 0 Å². The van der Waals surface area contributed by atoms with Crippen LogP contribution in [0.3, 0.4) is 0 Å². The van der Waals surface area contributed by atoms with Crippen molar-refractivity contribution in [2.75, 3.05) is 12.3 Å². The Labute approximate surface area is 93.3 Å². The summed E-state index contributed by atoms with van der Waals surface area (Å²) >= 11 is 0. The molecule has 7 nitrogen and oxygen atoms in total. The van der Waals surface area contributed by atoms with Crippen LogP contribution in [0.2, 0.25) is 0 Å². The third-order valence-electron chi connectivity index (χ3n) is 1.98. The van der Waals surface area contributed by atoms with Gasteiger partial charge >= 0.3 is 5.97 Å². The molecule has 1 amide bonds. The Kier molecular flexibility index (Phi) is 4.25. The SMILES string of the molecule is O=C(O)CCS(=O)(=O)NCC(=O)NC1CC1. The summed E-state index contributed by atoms with van der Waals surface area (Å²) in [6, 6.07) is 0.177. The van der Waals surface area contributed by atoms with E-state index in [4.69, 9.17) is 5.11 Å². The van der Waals surface area contributed by atoms with E-state index in [0.717, 1.165) is 12.8 Å². The Morgan fingerprint density at radius 3 is 2.44 bits per heavy atom. The molecule has 1 aliphatic carbocycles. The van der Waals surface area contributed by atoms with Crippen molar-refractivity contribution < 1.29 is 23.1 Å². The predicted molar refractivity (Wildman–Crippen MR) is 55.2 cm³/mol. The third kappa shape index (κ3) is 5.66. The van der Waals surface area contributed by atoms with Gasteiger partial charge in [-0.15, -0.1) is 0 Å². The Bertz CT molecular complexity index is 374. The first-order chi connectivity index (χ1) is 7.39. The molecule has 0 aliphatic heterocycles. The number of hydrogen-bond donors (Lipinski definition) is 3. The quantitative estimate of drug-likeness (QED) is 0.517. The Hall–Kier alpha value is -1.15. The van der Waals surface area contributed by atoms with E-state index in [-0.39, 0.29) is 18.5 Å². The molecule has 92 valence electrons. The Balaban J connectivity index is 2.23. The molecular weight excluding hydrogens is 236 g/mol. The van der Waals surface area contributed by atoms with Gasteiger partial charge in [-0.1, -0.05) is 0 Å². The van der Waals surface area contributed by atoms with Gasteiger partial charge in [0.05, 0.1) is 18.7 Å². The summed E-state index contributed by atoms with van der Waals surface area (Å²) in [5.74, 6) is -2.09. The van der Waals surface area contributed by atoms with Crippen LogP contribution < -0.4 is 10.0 Å². The van der Waals surface area contributed by atoms with Crippen molar-refractivity contribution in [3.05, 3.63) is 0 Å². The molecule has 0 bridgehead atoms. The van der Waals surface area contributed by atoms with Crippen molar-refractivity contribution in [3.63, 3.8) is 0 Å². The maximum Gasteiger partial charge on any atom is 0.304 e. The summed E-state index contributed by atoms with van der Waals surface area (Å²) in [4.78, 5) is 21.3. The largest absolute Gasteiger partial charge is 0.481 e. The average molecular weight is 250 g/mol. The van der Waals surface area contributed by atoms with Crippen LogP contribution in [-0.4, -0.2) is 43.7 Å². The summed E-state index contributed by atoms with van der Waals surface area (Å²) in [6.45, 7) is -0.335. The molecule has 3 N–H and O–H groups in total. The number of carbonyl (C=O) groups excluding carboxylic acids is 1. The molecule has 0 aromatic heterocycles. The number of carboxylic acid groups (broad SMARTS) is 1. The van der Waals surface area contributed by atoms with Crippen LogP contribution in [0.25, 0.3) is 0 Å². The lowest BCUT2D eigenvalue weighted by Gasteiger charge is -2.05. The summed E-state index contributed by atoms with van der Waals surface area (Å²) in [6.07, 6.45) is 1.38. The first-order valence-corrected chi connectivity index (χ1v) is 6.53. The number of carbonyl (C=O) groups is 2. The molecule has 0 saturated heterocycles. The first kappa shape index (κ1) is 12.9. The van der Waals surface area contributed by atoms with Crippen LogP contribution in [0.4, 0.5) is 0 Å². The molecule has 16 heavy (non-hydrogen) atoms.